The van der Waals surface area contributed by atoms with Gasteiger partial charge in [-0.25, -0.2) is 23.9 Å². The fraction of sp³-hybridized carbons (Fsp3) is 0.409. The lowest BCUT2D eigenvalue weighted by Crippen LogP contribution is -2.54. The highest BCUT2D eigenvalue weighted by Crippen LogP contribution is 2.18. The van der Waals surface area contributed by atoms with Crippen LogP contribution >= 0.6 is 0 Å². The summed E-state index contributed by atoms with van der Waals surface area (Å²) in [5.41, 5.74) is -0.135. The maximum atomic E-state index is 13.5. The van der Waals surface area contributed by atoms with Gasteiger partial charge in [0.2, 0.25) is 11.7 Å². The van der Waals surface area contributed by atoms with Gasteiger partial charge in [0.15, 0.2) is 5.69 Å². The molecular formula is C22H26FN7O5. The van der Waals surface area contributed by atoms with Crippen LogP contribution < -0.4 is 21.1 Å². The van der Waals surface area contributed by atoms with Crippen LogP contribution in [0.4, 0.5) is 19.9 Å². The van der Waals surface area contributed by atoms with Crippen molar-refractivity contribution in [3.05, 3.63) is 51.2 Å². The molecule has 13 heteroatoms. The fourth-order valence-electron chi connectivity index (χ4n) is 4.03. The van der Waals surface area contributed by atoms with Crippen molar-refractivity contribution >= 4 is 23.9 Å². The van der Waals surface area contributed by atoms with Gasteiger partial charge in [0, 0.05) is 52.9 Å². The molecule has 2 saturated heterocycles. The summed E-state index contributed by atoms with van der Waals surface area (Å²) in [5, 5.41) is 15.5. The summed E-state index contributed by atoms with van der Waals surface area (Å²) >= 11 is 0. The number of urea groups is 2. The van der Waals surface area contributed by atoms with Gasteiger partial charge in [-0.2, -0.15) is 0 Å². The maximum Gasteiger partial charge on any atom is 0.328 e. The third kappa shape index (κ3) is 4.74. The van der Waals surface area contributed by atoms with Gasteiger partial charge in [0.25, 0.3) is 11.5 Å². The Hall–Kier alpha value is -4.16. The van der Waals surface area contributed by atoms with Crippen LogP contribution in [-0.4, -0.2) is 81.7 Å². The first-order valence-electron chi connectivity index (χ1n) is 11.1. The molecule has 3 N–H and O–H groups in total. The van der Waals surface area contributed by atoms with Gasteiger partial charge in [-0.3, -0.25) is 14.2 Å². The monoisotopic (exact) mass is 487 g/mol. The molecule has 0 spiro atoms. The highest BCUT2D eigenvalue weighted by Gasteiger charge is 2.33. The molecule has 4 rings (SSSR count). The number of carbonyl (C=O) groups excluding carboxylic acids is 3. The Bertz CT molecular complexity index is 1240. The molecule has 1 aromatic carbocycles. The van der Waals surface area contributed by atoms with E-state index in [4.69, 9.17) is 0 Å². The van der Waals surface area contributed by atoms with Gasteiger partial charge >= 0.3 is 12.1 Å². The van der Waals surface area contributed by atoms with E-state index in [0.717, 1.165) is 9.47 Å². The Morgan fingerprint density at radius 2 is 1.89 bits per heavy atom. The van der Waals surface area contributed by atoms with Crippen molar-refractivity contribution < 1.29 is 23.9 Å². The third-order valence-electron chi connectivity index (χ3n) is 6.05. The molecule has 3 heterocycles. The van der Waals surface area contributed by atoms with Gasteiger partial charge in [0.05, 0.1) is 0 Å². The summed E-state index contributed by atoms with van der Waals surface area (Å²) in [5.74, 6) is -1.72. The molecule has 1 aromatic heterocycles. The zero-order valence-electron chi connectivity index (χ0n) is 19.4. The van der Waals surface area contributed by atoms with E-state index in [-0.39, 0.29) is 37.4 Å². The Labute approximate surface area is 199 Å². The fourth-order valence-corrected chi connectivity index (χ4v) is 4.03. The standard InChI is InChI=1S/C22H26FN7O5/c1-13-11-14(3-4-15(13)23)12-25-18(32)16-17(31)19(33)27(2)20(26-16)28-7-9-29(10-8-28)22(35)30-6-5-24-21(30)34/h3-4,11,31H,5-10,12H2,1-2H3,(H,24,34)(H,25,32). The van der Waals surface area contributed by atoms with E-state index in [9.17, 15) is 28.7 Å². The molecule has 35 heavy (non-hydrogen) atoms. The smallest absolute Gasteiger partial charge is 0.328 e. The molecule has 12 nitrogen and oxygen atoms in total. The number of anilines is 1. The molecule has 0 aliphatic carbocycles. The molecule has 2 aliphatic rings. The third-order valence-corrected chi connectivity index (χ3v) is 6.05. The molecule has 0 atom stereocenters. The maximum absolute atomic E-state index is 13.5. The van der Waals surface area contributed by atoms with Crippen molar-refractivity contribution in [2.45, 2.75) is 13.5 Å². The number of benzene rings is 1. The minimum atomic E-state index is -0.787. The molecule has 0 radical (unpaired) electrons. The minimum absolute atomic E-state index is 0.0521. The quantitative estimate of drug-likeness (QED) is 0.557. The van der Waals surface area contributed by atoms with Crippen molar-refractivity contribution in [1.82, 2.24) is 30.0 Å². The molecule has 2 fully saturated rings. The number of rotatable bonds is 4. The van der Waals surface area contributed by atoms with Crippen LogP contribution in [0.5, 0.6) is 5.75 Å². The summed E-state index contributed by atoms with van der Waals surface area (Å²) < 4.78 is 14.6. The summed E-state index contributed by atoms with van der Waals surface area (Å²) in [7, 11) is 1.43. The number of halogens is 1. The van der Waals surface area contributed by atoms with Gasteiger partial charge in [0.1, 0.15) is 5.82 Å². The zero-order valence-corrected chi connectivity index (χ0v) is 19.4. The first-order chi connectivity index (χ1) is 16.7. The Kier molecular flexibility index (Phi) is 6.58. The summed E-state index contributed by atoms with van der Waals surface area (Å²) in [4.78, 5) is 58.4. The van der Waals surface area contributed by atoms with Gasteiger partial charge in [-0.05, 0) is 24.1 Å². The first kappa shape index (κ1) is 24.0. The number of nitrogens with zero attached hydrogens (tertiary/aromatic N) is 5. The number of imide groups is 1. The van der Waals surface area contributed by atoms with Crippen LogP contribution in [-0.2, 0) is 13.6 Å². The van der Waals surface area contributed by atoms with Crippen LogP contribution in [0, 0.1) is 12.7 Å². The average molecular weight is 487 g/mol. The molecule has 0 saturated carbocycles. The number of amides is 5. The second kappa shape index (κ2) is 9.60. The second-order valence-electron chi connectivity index (χ2n) is 8.38. The molecule has 0 unspecified atom stereocenters. The van der Waals surface area contributed by atoms with Crippen molar-refractivity contribution in [1.29, 1.82) is 0 Å². The number of aryl methyl sites for hydroxylation is 1. The number of hydrogen-bond donors (Lipinski definition) is 3. The number of aromatic nitrogens is 2. The molecule has 0 bridgehead atoms. The largest absolute Gasteiger partial charge is 0.501 e. The Balaban J connectivity index is 1.47. The van der Waals surface area contributed by atoms with E-state index in [1.54, 1.807) is 17.9 Å². The number of nitrogens with one attached hydrogen (secondary N) is 2. The van der Waals surface area contributed by atoms with E-state index in [0.29, 0.717) is 37.3 Å². The first-order valence-corrected chi connectivity index (χ1v) is 11.1. The average Bonchev–Trinajstić information content (AvgIpc) is 3.28. The number of aromatic hydroxyl groups is 1. The van der Waals surface area contributed by atoms with E-state index >= 15 is 0 Å². The van der Waals surface area contributed by atoms with Crippen LogP contribution in [0.1, 0.15) is 21.6 Å². The molecule has 5 amide bonds. The zero-order chi connectivity index (χ0) is 25.3. The SMILES string of the molecule is Cc1cc(CNC(=O)c2nc(N3CCN(C(=O)N4CCNC4=O)CC3)n(C)c(=O)c2O)ccc1F. The van der Waals surface area contributed by atoms with Crippen molar-refractivity contribution in [2.24, 2.45) is 7.05 Å². The summed E-state index contributed by atoms with van der Waals surface area (Å²) in [6.07, 6.45) is 0. The van der Waals surface area contributed by atoms with E-state index in [1.807, 2.05) is 0 Å². The predicted octanol–water partition coefficient (Wildman–Crippen LogP) is 0.131. The molecule has 2 aliphatic heterocycles. The van der Waals surface area contributed by atoms with Crippen molar-refractivity contribution in [3.63, 3.8) is 0 Å². The van der Waals surface area contributed by atoms with Gasteiger partial charge in [-0.15, -0.1) is 0 Å². The van der Waals surface area contributed by atoms with E-state index < -0.39 is 28.9 Å². The molecule has 186 valence electrons. The Morgan fingerprint density at radius 1 is 1.17 bits per heavy atom. The van der Waals surface area contributed by atoms with Crippen LogP contribution in [0.2, 0.25) is 0 Å². The highest BCUT2D eigenvalue weighted by atomic mass is 19.1. The van der Waals surface area contributed by atoms with Crippen LogP contribution in [0.15, 0.2) is 23.0 Å². The van der Waals surface area contributed by atoms with E-state index in [1.165, 1.54) is 24.1 Å². The topological polar surface area (TPSA) is 140 Å². The molecule has 2 aromatic rings. The number of piperazine rings is 1. The van der Waals surface area contributed by atoms with Crippen LogP contribution in [0.3, 0.4) is 0 Å². The minimum Gasteiger partial charge on any atom is -0.501 e. The lowest BCUT2D eigenvalue weighted by molar-refractivity contribution is 0.0942. The van der Waals surface area contributed by atoms with Crippen LogP contribution in [0.25, 0.3) is 0 Å². The second-order valence-corrected chi connectivity index (χ2v) is 8.38. The Morgan fingerprint density at radius 3 is 2.51 bits per heavy atom. The summed E-state index contributed by atoms with van der Waals surface area (Å²) in [6.45, 7) is 3.56. The van der Waals surface area contributed by atoms with Gasteiger partial charge in [-0.1, -0.05) is 12.1 Å². The van der Waals surface area contributed by atoms with Gasteiger partial charge < -0.3 is 25.5 Å². The number of hydrogen-bond acceptors (Lipinski definition) is 7. The molecular weight excluding hydrogens is 461 g/mol. The summed E-state index contributed by atoms with van der Waals surface area (Å²) in [6, 6.07) is 3.60. The highest BCUT2D eigenvalue weighted by molar-refractivity contribution is 5.95. The normalized spacial score (nSPS) is 15.9. The lowest BCUT2D eigenvalue weighted by atomic mass is 10.1. The van der Waals surface area contributed by atoms with E-state index in [2.05, 4.69) is 15.6 Å². The van der Waals surface area contributed by atoms with Crippen molar-refractivity contribution in [2.75, 3.05) is 44.2 Å². The van der Waals surface area contributed by atoms with Crippen molar-refractivity contribution in [3.8, 4) is 5.75 Å². The predicted molar refractivity (Wildman–Crippen MR) is 123 cm³/mol. The lowest BCUT2D eigenvalue weighted by Gasteiger charge is -2.36. The number of carbonyl (C=O) groups is 3.